The number of rotatable bonds is 5. The molecule has 0 spiro atoms. The summed E-state index contributed by atoms with van der Waals surface area (Å²) in [7, 11) is -3.67. The average Bonchev–Trinajstić information content (AvgIpc) is 3.36. The molecule has 1 aliphatic heterocycles. The zero-order valence-electron chi connectivity index (χ0n) is 17.1. The number of aromatic nitrogens is 5. The predicted octanol–water partition coefficient (Wildman–Crippen LogP) is 2.10. The molecule has 4 heterocycles. The molecule has 4 rings (SSSR count). The lowest BCUT2D eigenvalue weighted by Crippen LogP contribution is -2.29. The van der Waals surface area contributed by atoms with Gasteiger partial charge < -0.3 is 4.98 Å². The molecule has 0 radical (unpaired) electrons. The number of nitrogens with zero attached hydrogens (tertiary/aromatic N) is 5. The van der Waals surface area contributed by atoms with Gasteiger partial charge in [-0.3, -0.25) is 14.5 Å². The smallest absolute Gasteiger partial charge is 0.251 e. The Kier molecular flexibility index (Phi) is 5.29. The van der Waals surface area contributed by atoms with Crippen molar-refractivity contribution in [3.63, 3.8) is 0 Å². The Morgan fingerprint density at radius 1 is 1.23 bits per heavy atom. The first-order valence-corrected chi connectivity index (χ1v) is 11.3. The van der Waals surface area contributed by atoms with Crippen LogP contribution in [0.25, 0.3) is 11.3 Å². The third-order valence-corrected chi connectivity index (χ3v) is 7.26. The Morgan fingerprint density at radius 2 is 1.97 bits per heavy atom. The van der Waals surface area contributed by atoms with Crippen molar-refractivity contribution in [3.8, 4) is 11.3 Å². The lowest BCUT2D eigenvalue weighted by atomic mass is 10.1. The van der Waals surface area contributed by atoms with Crippen molar-refractivity contribution in [2.24, 2.45) is 0 Å². The maximum atomic E-state index is 13.2. The summed E-state index contributed by atoms with van der Waals surface area (Å²) in [5, 5.41) is 4.33. The van der Waals surface area contributed by atoms with Crippen LogP contribution in [0.1, 0.15) is 43.7 Å². The quantitative estimate of drug-likeness (QED) is 0.666. The van der Waals surface area contributed by atoms with Crippen LogP contribution in [0.5, 0.6) is 0 Å². The third kappa shape index (κ3) is 3.80. The molecule has 3 aromatic rings. The van der Waals surface area contributed by atoms with Gasteiger partial charge in [-0.05, 0) is 39.3 Å². The predicted molar refractivity (Wildman–Crippen MR) is 112 cm³/mol. The number of pyridine rings is 1. The third-order valence-electron chi connectivity index (χ3n) is 5.29. The van der Waals surface area contributed by atoms with Gasteiger partial charge in [-0.25, -0.2) is 13.4 Å². The standard InChI is InChI=1S/C20H24N6O3S/c1-13(2)26-12-18(14(3)24-26)30(28,29)25-9-6-16(11-25)20-22-17(10-19(27)23-20)15-4-7-21-8-5-15/h4-5,7-8,10,12-13,16H,6,9,11H2,1-3H3,(H,22,23,27)/t16-/m1/s1. The highest BCUT2D eigenvalue weighted by Crippen LogP contribution is 2.31. The molecule has 30 heavy (non-hydrogen) atoms. The van der Waals surface area contributed by atoms with E-state index in [1.54, 1.807) is 42.3 Å². The first-order valence-electron chi connectivity index (χ1n) is 9.83. The summed E-state index contributed by atoms with van der Waals surface area (Å²) in [5.41, 5.74) is 1.56. The van der Waals surface area contributed by atoms with E-state index in [1.165, 1.54) is 10.4 Å². The van der Waals surface area contributed by atoms with E-state index in [0.717, 1.165) is 5.56 Å². The van der Waals surface area contributed by atoms with Crippen LogP contribution in [0.4, 0.5) is 0 Å². The van der Waals surface area contributed by atoms with E-state index in [9.17, 15) is 13.2 Å². The van der Waals surface area contributed by atoms with Crippen LogP contribution >= 0.6 is 0 Å². The Hall–Kier alpha value is -2.85. The summed E-state index contributed by atoms with van der Waals surface area (Å²) in [6.45, 7) is 6.23. The van der Waals surface area contributed by atoms with Gasteiger partial charge >= 0.3 is 0 Å². The fourth-order valence-electron chi connectivity index (χ4n) is 3.63. The largest absolute Gasteiger partial charge is 0.310 e. The number of aryl methyl sites for hydroxylation is 1. The lowest BCUT2D eigenvalue weighted by molar-refractivity contribution is 0.470. The van der Waals surface area contributed by atoms with Crippen LogP contribution in [0.3, 0.4) is 0 Å². The van der Waals surface area contributed by atoms with E-state index in [2.05, 4.69) is 20.1 Å². The minimum absolute atomic E-state index is 0.0733. The molecule has 0 bridgehead atoms. The van der Waals surface area contributed by atoms with E-state index < -0.39 is 10.0 Å². The van der Waals surface area contributed by atoms with E-state index in [1.807, 2.05) is 13.8 Å². The number of hydrogen-bond donors (Lipinski definition) is 1. The monoisotopic (exact) mass is 428 g/mol. The molecule has 10 heteroatoms. The number of nitrogens with one attached hydrogen (secondary N) is 1. The van der Waals surface area contributed by atoms with Crippen molar-refractivity contribution in [1.82, 2.24) is 29.0 Å². The fraction of sp³-hybridized carbons (Fsp3) is 0.400. The first kappa shape index (κ1) is 20.4. The van der Waals surface area contributed by atoms with Gasteiger partial charge in [0.15, 0.2) is 0 Å². The number of hydrogen-bond acceptors (Lipinski definition) is 6. The van der Waals surface area contributed by atoms with Gasteiger partial charge in [0.25, 0.3) is 5.56 Å². The summed E-state index contributed by atoms with van der Waals surface area (Å²) >= 11 is 0. The van der Waals surface area contributed by atoms with Crippen LogP contribution in [0.15, 0.2) is 46.5 Å². The molecule has 1 atom stereocenters. The summed E-state index contributed by atoms with van der Waals surface area (Å²) in [6, 6.07) is 5.08. The van der Waals surface area contributed by atoms with Crippen LogP contribution in [0, 0.1) is 6.92 Å². The lowest BCUT2D eigenvalue weighted by Gasteiger charge is -2.16. The van der Waals surface area contributed by atoms with Gasteiger partial charge in [0.05, 0.1) is 11.4 Å². The average molecular weight is 429 g/mol. The highest BCUT2D eigenvalue weighted by molar-refractivity contribution is 7.89. The summed E-state index contributed by atoms with van der Waals surface area (Å²) in [4.78, 5) is 23.8. The molecule has 9 nitrogen and oxygen atoms in total. The Labute approximate surface area is 174 Å². The van der Waals surface area contributed by atoms with Gasteiger partial charge in [0.2, 0.25) is 10.0 Å². The van der Waals surface area contributed by atoms with Crippen molar-refractivity contribution in [1.29, 1.82) is 0 Å². The van der Waals surface area contributed by atoms with Crippen molar-refractivity contribution < 1.29 is 8.42 Å². The molecular formula is C20H24N6O3S. The Balaban J connectivity index is 1.61. The zero-order valence-corrected chi connectivity index (χ0v) is 17.9. The second kappa shape index (κ2) is 7.77. The van der Waals surface area contributed by atoms with E-state index in [4.69, 9.17) is 0 Å². The van der Waals surface area contributed by atoms with Gasteiger partial charge in [-0.2, -0.15) is 9.40 Å². The van der Waals surface area contributed by atoms with Crippen LogP contribution in [-0.4, -0.2) is 50.5 Å². The topological polar surface area (TPSA) is 114 Å². The summed E-state index contributed by atoms with van der Waals surface area (Å²) in [6.07, 6.45) is 5.45. The van der Waals surface area contributed by atoms with Crippen molar-refractivity contribution in [2.75, 3.05) is 13.1 Å². The number of H-pyrrole nitrogens is 1. The number of sulfonamides is 1. The molecule has 0 aliphatic carbocycles. The van der Waals surface area contributed by atoms with Crippen molar-refractivity contribution >= 4 is 10.0 Å². The fourth-order valence-corrected chi connectivity index (χ4v) is 5.29. The van der Waals surface area contributed by atoms with Crippen LogP contribution in [0.2, 0.25) is 0 Å². The number of aromatic amines is 1. The van der Waals surface area contributed by atoms with E-state index >= 15 is 0 Å². The van der Waals surface area contributed by atoms with Crippen LogP contribution in [-0.2, 0) is 10.0 Å². The molecule has 158 valence electrons. The molecule has 3 aromatic heterocycles. The minimum atomic E-state index is -3.67. The minimum Gasteiger partial charge on any atom is -0.310 e. The second-order valence-corrected chi connectivity index (χ2v) is 9.66. The Morgan fingerprint density at radius 3 is 2.63 bits per heavy atom. The molecule has 1 N–H and O–H groups in total. The summed E-state index contributed by atoms with van der Waals surface area (Å²) < 4.78 is 29.5. The van der Waals surface area contributed by atoms with Crippen LogP contribution < -0.4 is 5.56 Å². The van der Waals surface area contributed by atoms with Gasteiger partial charge in [0.1, 0.15) is 10.7 Å². The van der Waals surface area contributed by atoms with Crippen molar-refractivity contribution in [3.05, 3.63) is 58.7 Å². The molecule has 0 unspecified atom stereocenters. The normalized spacial score (nSPS) is 17.7. The maximum absolute atomic E-state index is 13.2. The zero-order chi connectivity index (χ0) is 21.5. The molecule has 1 saturated heterocycles. The Bertz CT molecular complexity index is 1220. The molecule has 0 amide bonds. The second-order valence-electron chi connectivity index (χ2n) is 7.75. The first-order chi connectivity index (χ1) is 14.3. The van der Waals surface area contributed by atoms with E-state index in [0.29, 0.717) is 30.2 Å². The summed E-state index contributed by atoms with van der Waals surface area (Å²) in [5.74, 6) is 0.316. The van der Waals surface area contributed by atoms with Gasteiger partial charge in [-0.1, -0.05) is 0 Å². The van der Waals surface area contributed by atoms with Gasteiger partial charge in [-0.15, -0.1) is 0 Å². The molecular weight excluding hydrogens is 404 g/mol. The van der Waals surface area contributed by atoms with Crippen molar-refractivity contribution in [2.45, 2.75) is 44.0 Å². The highest BCUT2D eigenvalue weighted by atomic mass is 32.2. The SMILES string of the molecule is Cc1nn(C(C)C)cc1S(=O)(=O)N1CC[C@@H](c2nc(-c3ccncc3)cc(=O)[nH]2)C1. The molecule has 1 aliphatic rings. The highest BCUT2D eigenvalue weighted by Gasteiger charge is 2.36. The molecule has 1 fully saturated rings. The molecule has 0 aromatic carbocycles. The maximum Gasteiger partial charge on any atom is 0.251 e. The molecule has 0 saturated carbocycles. The van der Waals surface area contributed by atoms with Gasteiger partial charge in [0, 0.05) is 55.3 Å². The van der Waals surface area contributed by atoms with E-state index in [-0.39, 0.29) is 29.0 Å².